The van der Waals surface area contributed by atoms with E-state index in [9.17, 15) is 22.8 Å². The van der Waals surface area contributed by atoms with E-state index in [-0.39, 0.29) is 39.2 Å². The number of benzene rings is 2. The molecule has 1 aliphatic carbocycles. The molecule has 0 bridgehead atoms. The van der Waals surface area contributed by atoms with Crippen molar-refractivity contribution in [2.75, 3.05) is 18.6 Å². The average Bonchev–Trinajstić information content (AvgIpc) is 3.18. The van der Waals surface area contributed by atoms with Gasteiger partial charge in [0.2, 0.25) is 15.9 Å². The highest BCUT2D eigenvalue weighted by Gasteiger charge is 2.47. The zero-order valence-electron chi connectivity index (χ0n) is 20.2. The molecule has 0 radical (unpaired) electrons. The summed E-state index contributed by atoms with van der Waals surface area (Å²) in [4.78, 5) is 39.0. The van der Waals surface area contributed by atoms with Crippen LogP contribution in [0.3, 0.4) is 0 Å². The van der Waals surface area contributed by atoms with E-state index in [1.165, 1.54) is 49.6 Å². The van der Waals surface area contributed by atoms with Gasteiger partial charge in [-0.1, -0.05) is 34.9 Å². The first-order valence-electron chi connectivity index (χ1n) is 11.8. The fraction of sp³-hybridized carbons (Fsp3) is 0.346. The van der Waals surface area contributed by atoms with Crippen LogP contribution in [0.25, 0.3) is 0 Å². The number of rotatable bonds is 8. The molecule has 0 saturated carbocycles. The molecule has 2 aromatic rings. The lowest BCUT2D eigenvalue weighted by atomic mass is 9.97. The zero-order chi connectivity index (χ0) is 26.7. The molecule has 1 heterocycles. The number of amides is 2. The Kier molecular flexibility index (Phi) is 8.38. The molecule has 2 aromatic carbocycles. The van der Waals surface area contributed by atoms with Crippen LogP contribution >= 0.6 is 23.2 Å². The van der Waals surface area contributed by atoms with E-state index >= 15 is 0 Å². The van der Waals surface area contributed by atoms with E-state index in [0.717, 1.165) is 40.5 Å². The number of anilines is 1. The fourth-order valence-corrected chi connectivity index (χ4v) is 6.93. The lowest BCUT2D eigenvalue weighted by molar-refractivity contribution is -0.122. The first-order valence-corrected chi connectivity index (χ1v) is 14.0. The molecule has 0 aromatic heterocycles. The van der Waals surface area contributed by atoms with Crippen molar-refractivity contribution in [3.05, 3.63) is 69.7 Å². The predicted octanol–water partition coefficient (Wildman–Crippen LogP) is 4.99. The number of hydrogen-bond donors (Lipinski definition) is 0. The zero-order valence-corrected chi connectivity index (χ0v) is 22.5. The van der Waals surface area contributed by atoms with Gasteiger partial charge < -0.3 is 4.74 Å². The van der Waals surface area contributed by atoms with Gasteiger partial charge in [-0.05, 0) is 74.6 Å². The normalized spacial score (nSPS) is 18.3. The van der Waals surface area contributed by atoms with Crippen LogP contribution < -0.4 is 4.90 Å². The predicted molar refractivity (Wildman–Crippen MR) is 140 cm³/mol. The first-order chi connectivity index (χ1) is 17.6. The van der Waals surface area contributed by atoms with Crippen molar-refractivity contribution < 1.29 is 27.5 Å². The Labute approximate surface area is 225 Å². The van der Waals surface area contributed by atoms with E-state index < -0.39 is 33.8 Å². The fourth-order valence-electron chi connectivity index (χ4n) is 4.61. The molecule has 11 heteroatoms. The van der Waals surface area contributed by atoms with Crippen LogP contribution in [0, 0.1) is 0 Å². The van der Waals surface area contributed by atoms with Gasteiger partial charge in [-0.3, -0.25) is 9.59 Å². The molecule has 196 valence electrons. The summed E-state index contributed by atoms with van der Waals surface area (Å²) in [5.41, 5.74) is 1.61. The molecule has 8 nitrogen and oxygen atoms in total. The highest BCUT2D eigenvalue weighted by atomic mass is 35.5. The van der Waals surface area contributed by atoms with Crippen LogP contribution in [0.5, 0.6) is 0 Å². The van der Waals surface area contributed by atoms with Gasteiger partial charge in [-0.15, -0.1) is 0 Å². The maximum atomic E-state index is 13.8. The van der Waals surface area contributed by atoms with Gasteiger partial charge >= 0.3 is 5.97 Å². The molecule has 2 amide bonds. The molecule has 1 unspecified atom stereocenters. The monoisotopic (exact) mass is 564 g/mol. The van der Waals surface area contributed by atoms with Gasteiger partial charge in [-0.2, -0.15) is 4.31 Å². The number of methoxy groups -OCH3 is 1. The Hall–Kier alpha value is -2.72. The van der Waals surface area contributed by atoms with Gasteiger partial charge in [0.25, 0.3) is 5.91 Å². The van der Waals surface area contributed by atoms with Gasteiger partial charge in [0.1, 0.15) is 10.9 Å². The minimum absolute atomic E-state index is 0.00974. The topological polar surface area (TPSA) is 101 Å². The van der Waals surface area contributed by atoms with E-state index in [2.05, 4.69) is 10.8 Å². The first kappa shape index (κ1) is 27.3. The van der Waals surface area contributed by atoms with Gasteiger partial charge in [0.15, 0.2) is 0 Å². The van der Waals surface area contributed by atoms with Crippen LogP contribution in [-0.4, -0.2) is 50.2 Å². The molecule has 2 aliphatic rings. The number of carbonyl (C=O) groups excluding carboxylic acids is 3. The summed E-state index contributed by atoms with van der Waals surface area (Å²) in [6.07, 6.45) is 6.12. The standard InChI is InChI=1S/C26H26Cl2N2O6S/c1-36-26(33)18-7-10-20(11-8-18)30-24(31)16-22(25(30)32)29(14-13-17-5-3-2-4-6-17)37(34,35)23-15-19(27)9-12-21(23)28/h5,7-12,15,22H,2-4,6,13-14,16H2,1H3. The van der Waals surface area contributed by atoms with E-state index in [1.807, 2.05) is 0 Å². The third kappa shape index (κ3) is 5.75. The van der Waals surface area contributed by atoms with Gasteiger partial charge in [0.05, 0.1) is 29.8 Å². The second-order valence-corrected chi connectivity index (χ2v) is 11.6. The van der Waals surface area contributed by atoms with Crippen LogP contribution in [-0.2, 0) is 24.3 Å². The summed E-state index contributed by atoms with van der Waals surface area (Å²) in [5.74, 6) is -1.78. The number of esters is 1. The van der Waals surface area contributed by atoms with Gasteiger partial charge in [0, 0.05) is 11.6 Å². The molecular weight excluding hydrogens is 539 g/mol. The maximum Gasteiger partial charge on any atom is 0.337 e. The largest absolute Gasteiger partial charge is 0.465 e. The second-order valence-electron chi connectivity index (χ2n) is 8.87. The van der Waals surface area contributed by atoms with Gasteiger partial charge in [-0.25, -0.2) is 18.1 Å². The second kappa shape index (κ2) is 11.3. The molecule has 1 saturated heterocycles. The highest BCUT2D eigenvalue weighted by Crippen LogP contribution is 2.34. The molecule has 0 N–H and O–H groups in total. The van der Waals surface area contributed by atoms with Crippen LogP contribution in [0.4, 0.5) is 5.69 Å². The molecular formula is C26H26Cl2N2O6S. The maximum absolute atomic E-state index is 13.8. The smallest absolute Gasteiger partial charge is 0.337 e. The number of hydrogen-bond acceptors (Lipinski definition) is 6. The van der Waals surface area contributed by atoms with Crippen LogP contribution in [0.15, 0.2) is 59.0 Å². The van der Waals surface area contributed by atoms with E-state index in [1.54, 1.807) is 0 Å². The summed E-state index contributed by atoms with van der Waals surface area (Å²) < 4.78 is 33.4. The van der Waals surface area contributed by atoms with Crippen molar-refractivity contribution >= 4 is 56.7 Å². The highest BCUT2D eigenvalue weighted by molar-refractivity contribution is 7.89. The quantitative estimate of drug-likeness (QED) is 0.254. The third-order valence-corrected chi connectivity index (χ3v) is 9.16. The number of carbonyl (C=O) groups is 3. The third-order valence-electron chi connectivity index (χ3n) is 6.54. The SMILES string of the molecule is COC(=O)c1ccc(N2C(=O)CC(N(CCC3=CCCCC3)S(=O)(=O)c3cc(Cl)ccc3Cl)C2=O)cc1. The minimum Gasteiger partial charge on any atom is -0.465 e. The van der Waals surface area contributed by atoms with Crippen LogP contribution in [0.1, 0.15) is 48.9 Å². The summed E-state index contributed by atoms with van der Waals surface area (Å²) in [6, 6.07) is 8.62. The molecule has 1 fully saturated rings. The van der Waals surface area contributed by atoms with E-state index in [0.29, 0.717) is 6.42 Å². The molecule has 0 spiro atoms. The molecule has 1 atom stereocenters. The van der Waals surface area contributed by atoms with Crippen molar-refractivity contribution in [2.45, 2.75) is 49.5 Å². The lowest BCUT2D eigenvalue weighted by Gasteiger charge is -2.28. The number of halogens is 2. The Morgan fingerprint density at radius 2 is 1.84 bits per heavy atom. The Balaban J connectivity index is 1.68. The van der Waals surface area contributed by atoms with Crippen molar-refractivity contribution in [3.63, 3.8) is 0 Å². The Morgan fingerprint density at radius 1 is 1.11 bits per heavy atom. The lowest BCUT2D eigenvalue weighted by Crippen LogP contribution is -2.46. The number of allylic oxidation sites excluding steroid dienone is 1. The minimum atomic E-state index is -4.29. The summed E-state index contributed by atoms with van der Waals surface area (Å²) in [7, 11) is -3.04. The van der Waals surface area contributed by atoms with E-state index in [4.69, 9.17) is 23.2 Å². The van der Waals surface area contributed by atoms with Crippen molar-refractivity contribution in [2.24, 2.45) is 0 Å². The number of sulfonamides is 1. The van der Waals surface area contributed by atoms with Crippen molar-refractivity contribution in [3.8, 4) is 0 Å². The van der Waals surface area contributed by atoms with Crippen LogP contribution in [0.2, 0.25) is 10.0 Å². The van der Waals surface area contributed by atoms with Crippen molar-refractivity contribution in [1.82, 2.24) is 4.31 Å². The molecule has 4 rings (SSSR count). The number of imide groups is 1. The Bertz CT molecular complexity index is 1360. The average molecular weight is 565 g/mol. The molecule has 37 heavy (non-hydrogen) atoms. The van der Waals surface area contributed by atoms with Crippen molar-refractivity contribution in [1.29, 1.82) is 0 Å². The summed E-state index contributed by atoms with van der Waals surface area (Å²) in [5, 5.41) is 0.150. The summed E-state index contributed by atoms with van der Waals surface area (Å²) in [6.45, 7) is 0.00974. The Morgan fingerprint density at radius 3 is 2.49 bits per heavy atom. The number of ether oxygens (including phenoxy) is 1. The number of nitrogens with zero attached hydrogens (tertiary/aromatic N) is 2. The summed E-state index contributed by atoms with van der Waals surface area (Å²) >= 11 is 12.3. The molecule has 1 aliphatic heterocycles.